The summed E-state index contributed by atoms with van der Waals surface area (Å²) in [6.07, 6.45) is -2.83. The van der Waals surface area contributed by atoms with Crippen LogP contribution in [0.5, 0.6) is 0 Å². The highest BCUT2D eigenvalue weighted by molar-refractivity contribution is 9.10. The van der Waals surface area contributed by atoms with Crippen molar-refractivity contribution in [2.24, 2.45) is 0 Å². The highest BCUT2D eigenvalue weighted by atomic mass is 79.9. The van der Waals surface area contributed by atoms with Crippen LogP contribution >= 0.6 is 15.9 Å². The average Bonchev–Trinajstić information content (AvgIpc) is 2.40. The maximum absolute atomic E-state index is 12.8. The molecular weight excluding hydrogens is 335 g/mol. The number of pyridine rings is 1. The molecular formula is C13H11BrF3N3. The molecule has 0 amide bonds. The molecule has 0 spiro atoms. The lowest BCUT2D eigenvalue weighted by Crippen LogP contribution is -2.06. The fourth-order valence-electron chi connectivity index (χ4n) is 1.63. The molecule has 0 atom stereocenters. The first-order valence-corrected chi connectivity index (χ1v) is 6.47. The molecule has 0 saturated heterocycles. The fourth-order valence-corrected chi connectivity index (χ4v) is 2.10. The maximum Gasteiger partial charge on any atom is 0.417 e. The summed E-state index contributed by atoms with van der Waals surface area (Å²) in [6, 6.07) is 7.37. The minimum Gasteiger partial charge on any atom is -0.373 e. The second kappa shape index (κ2) is 5.70. The molecule has 2 N–H and O–H groups in total. The van der Waals surface area contributed by atoms with E-state index in [0.717, 1.165) is 6.07 Å². The molecule has 106 valence electrons. The van der Waals surface area contributed by atoms with Gasteiger partial charge in [-0.2, -0.15) is 13.2 Å². The number of hydrogen-bond acceptors (Lipinski definition) is 3. The maximum atomic E-state index is 12.8. The van der Waals surface area contributed by atoms with E-state index in [1.807, 2.05) is 0 Å². The van der Waals surface area contributed by atoms with Crippen molar-refractivity contribution in [1.82, 2.24) is 4.98 Å². The Morgan fingerprint density at radius 2 is 1.80 bits per heavy atom. The van der Waals surface area contributed by atoms with Gasteiger partial charge in [-0.1, -0.05) is 15.9 Å². The highest BCUT2D eigenvalue weighted by Gasteiger charge is 2.33. The molecule has 2 aromatic rings. The van der Waals surface area contributed by atoms with Gasteiger partial charge in [-0.15, -0.1) is 0 Å². The van der Waals surface area contributed by atoms with Crippen LogP contribution in [0.1, 0.15) is 5.56 Å². The van der Waals surface area contributed by atoms with Crippen molar-refractivity contribution in [3.63, 3.8) is 0 Å². The van der Waals surface area contributed by atoms with Gasteiger partial charge in [-0.05, 0) is 24.3 Å². The van der Waals surface area contributed by atoms with Crippen molar-refractivity contribution in [2.45, 2.75) is 6.18 Å². The number of anilines is 3. The minimum atomic E-state index is -4.40. The Hall–Kier alpha value is -1.76. The summed E-state index contributed by atoms with van der Waals surface area (Å²) in [5.74, 6) is 0.628. The number of aromatic nitrogens is 1. The van der Waals surface area contributed by atoms with Crippen LogP contribution in [0.25, 0.3) is 0 Å². The van der Waals surface area contributed by atoms with E-state index in [1.165, 1.54) is 6.07 Å². The van der Waals surface area contributed by atoms with Gasteiger partial charge < -0.3 is 10.6 Å². The van der Waals surface area contributed by atoms with Gasteiger partial charge in [0.1, 0.15) is 5.82 Å². The molecule has 1 heterocycles. The van der Waals surface area contributed by atoms with Gasteiger partial charge in [-0.25, -0.2) is 4.98 Å². The van der Waals surface area contributed by atoms with Gasteiger partial charge in [0.25, 0.3) is 0 Å². The number of nitrogens with one attached hydrogen (secondary N) is 2. The predicted octanol–water partition coefficient (Wildman–Crippen LogP) is 4.65. The third kappa shape index (κ3) is 3.41. The molecule has 0 bridgehead atoms. The van der Waals surface area contributed by atoms with Crippen LogP contribution in [-0.2, 0) is 6.18 Å². The Morgan fingerprint density at radius 3 is 2.45 bits per heavy atom. The largest absolute Gasteiger partial charge is 0.417 e. The summed E-state index contributed by atoms with van der Waals surface area (Å²) in [6.45, 7) is 0. The fraction of sp³-hybridized carbons (Fsp3) is 0.154. The smallest absolute Gasteiger partial charge is 0.373 e. The lowest BCUT2D eigenvalue weighted by Gasteiger charge is -2.13. The first kappa shape index (κ1) is 14.6. The molecule has 0 saturated carbocycles. The predicted molar refractivity (Wildman–Crippen MR) is 76.2 cm³/mol. The summed E-state index contributed by atoms with van der Waals surface area (Å²) < 4.78 is 38.4. The number of halogens is 4. The van der Waals surface area contributed by atoms with E-state index >= 15 is 0 Å². The zero-order valence-electron chi connectivity index (χ0n) is 10.4. The van der Waals surface area contributed by atoms with E-state index < -0.39 is 11.7 Å². The van der Waals surface area contributed by atoms with Gasteiger partial charge in [0.05, 0.1) is 5.56 Å². The van der Waals surface area contributed by atoms with Crippen molar-refractivity contribution in [3.05, 3.63) is 46.6 Å². The van der Waals surface area contributed by atoms with Crippen LogP contribution in [0.3, 0.4) is 0 Å². The van der Waals surface area contributed by atoms with Crippen LogP contribution in [0.2, 0.25) is 0 Å². The highest BCUT2D eigenvalue weighted by Crippen LogP contribution is 2.36. The van der Waals surface area contributed by atoms with Crippen LogP contribution in [0.4, 0.5) is 30.4 Å². The summed E-state index contributed by atoms with van der Waals surface area (Å²) in [4.78, 5) is 4.03. The summed E-state index contributed by atoms with van der Waals surface area (Å²) in [5, 5.41) is 5.78. The molecule has 1 aromatic heterocycles. The average molecular weight is 346 g/mol. The summed E-state index contributed by atoms with van der Waals surface area (Å²) in [5.41, 5.74) is 0.291. The molecule has 3 nitrogen and oxygen atoms in total. The van der Waals surface area contributed by atoms with Crippen LogP contribution in [0.15, 0.2) is 41.0 Å². The topological polar surface area (TPSA) is 37.0 Å². The summed E-state index contributed by atoms with van der Waals surface area (Å²) in [7, 11) is 1.72. The van der Waals surface area contributed by atoms with Crippen molar-refractivity contribution < 1.29 is 13.2 Å². The third-order valence-electron chi connectivity index (χ3n) is 2.58. The van der Waals surface area contributed by atoms with Crippen molar-refractivity contribution in [3.8, 4) is 0 Å². The zero-order chi connectivity index (χ0) is 14.8. The quantitative estimate of drug-likeness (QED) is 0.850. The first-order chi connectivity index (χ1) is 9.40. The minimum absolute atomic E-state index is 0.0150. The zero-order valence-corrected chi connectivity index (χ0v) is 12.0. The van der Waals surface area contributed by atoms with Gasteiger partial charge in [0.2, 0.25) is 0 Å². The van der Waals surface area contributed by atoms with Crippen LogP contribution in [0, 0.1) is 0 Å². The SMILES string of the molecule is CNc1cc(Nc2ccc(Br)c(C(F)(F)F)c2)ccn1. The van der Waals surface area contributed by atoms with E-state index in [-0.39, 0.29) is 4.47 Å². The molecule has 0 aliphatic heterocycles. The van der Waals surface area contributed by atoms with Gasteiger partial charge >= 0.3 is 6.18 Å². The van der Waals surface area contributed by atoms with Crippen LogP contribution < -0.4 is 10.6 Å². The molecule has 0 aliphatic carbocycles. The van der Waals surface area contributed by atoms with E-state index in [9.17, 15) is 13.2 Å². The molecule has 2 rings (SSSR count). The molecule has 0 aliphatic rings. The Balaban J connectivity index is 2.30. The molecule has 1 aromatic carbocycles. The van der Waals surface area contributed by atoms with E-state index in [4.69, 9.17) is 0 Å². The second-order valence-corrected chi connectivity index (χ2v) is 4.85. The van der Waals surface area contributed by atoms with E-state index in [2.05, 4.69) is 31.5 Å². The molecule has 7 heteroatoms. The number of benzene rings is 1. The Bertz CT molecular complexity index is 614. The Morgan fingerprint density at radius 1 is 1.10 bits per heavy atom. The van der Waals surface area contributed by atoms with Crippen molar-refractivity contribution >= 4 is 33.1 Å². The first-order valence-electron chi connectivity index (χ1n) is 5.68. The number of nitrogens with zero attached hydrogens (tertiary/aromatic N) is 1. The van der Waals surface area contributed by atoms with Crippen molar-refractivity contribution in [1.29, 1.82) is 0 Å². The molecule has 0 fully saturated rings. The van der Waals surface area contributed by atoms with E-state index in [0.29, 0.717) is 17.2 Å². The van der Waals surface area contributed by atoms with E-state index in [1.54, 1.807) is 31.4 Å². The Labute approximate surface area is 122 Å². The normalized spacial score (nSPS) is 11.2. The van der Waals surface area contributed by atoms with Crippen molar-refractivity contribution in [2.75, 3.05) is 17.7 Å². The van der Waals surface area contributed by atoms with Gasteiger partial charge in [-0.3, -0.25) is 0 Å². The third-order valence-corrected chi connectivity index (χ3v) is 3.27. The lowest BCUT2D eigenvalue weighted by atomic mass is 10.2. The molecule has 0 unspecified atom stereocenters. The number of hydrogen-bond donors (Lipinski definition) is 2. The number of rotatable bonds is 3. The Kier molecular flexibility index (Phi) is 4.17. The van der Waals surface area contributed by atoms with Gasteiger partial charge in [0, 0.05) is 35.2 Å². The summed E-state index contributed by atoms with van der Waals surface area (Å²) >= 11 is 2.91. The molecule has 0 radical (unpaired) electrons. The second-order valence-electron chi connectivity index (χ2n) is 4.00. The number of alkyl halides is 3. The van der Waals surface area contributed by atoms with Gasteiger partial charge in [0.15, 0.2) is 0 Å². The van der Waals surface area contributed by atoms with Crippen LogP contribution in [-0.4, -0.2) is 12.0 Å². The lowest BCUT2D eigenvalue weighted by molar-refractivity contribution is -0.138. The molecule has 20 heavy (non-hydrogen) atoms. The monoisotopic (exact) mass is 345 g/mol. The standard InChI is InChI=1S/C13H11BrF3N3/c1-18-12-7-9(4-5-19-12)20-8-2-3-11(14)10(6-8)13(15,16)17/h2-7H,1H3,(H2,18,19,20).